The van der Waals surface area contributed by atoms with E-state index in [2.05, 4.69) is 22.2 Å². The normalized spacial score (nSPS) is 22.6. The second-order valence-corrected chi connectivity index (χ2v) is 6.33. The van der Waals surface area contributed by atoms with Crippen molar-refractivity contribution in [1.29, 1.82) is 0 Å². The molecule has 1 aliphatic rings. The van der Waals surface area contributed by atoms with Crippen LogP contribution in [0.2, 0.25) is 0 Å². The van der Waals surface area contributed by atoms with E-state index >= 15 is 0 Å². The summed E-state index contributed by atoms with van der Waals surface area (Å²) in [7, 11) is 2.06. The molecule has 1 aromatic heterocycles. The first-order valence-corrected chi connectivity index (χ1v) is 7.34. The highest BCUT2D eigenvalue weighted by atomic mass is 16.2. The van der Waals surface area contributed by atoms with Crippen LogP contribution in [0.1, 0.15) is 19.0 Å². The van der Waals surface area contributed by atoms with Crippen LogP contribution < -0.4 is 5.32 Å². The Kier molecular flexibility index (Phi) is 3.41. The van der Waals surface area contributed by atoms with Gasteiger partial charge in [-0.2, -0.15) is 0 Å². The van der Waals surface area contributed by atoms with Crippen LogP contribution in [0.3, 0.4) is 0 Å². The number of amides is 1. The quantitative estimate of drug-likeness (QED) is 0.922. The topological polar surface area (TPSA) is 45.2 Å². The van der Waals surface area contributed by atoms with E-state index < -0.39 is 0 Å². The molecule has 1 N–H and O–H groups in total. The van der Waals surface area contributed by atoms with Gasteiger partial charge in [-0.3, -0.25) is 9.78 Å². The number of anilines is 1. The van der Waals surface area contributed by atoms with Gasteiger partial charge in [-0.1, -0.05) is 18.2 Å². The number of carbonyl (C=O) groups is 1. The van der Waals surface area contributed by atoms with Crippen molar-refractivity contribution in [3.05, 3.63) is 36.0 Å². The maximum atomic E-state index is 12.7. The number of benzene rings is 1. The average Bonchev–Trinajstić information content (AvgIpc) is 2.79. The first kappa shape index (κ1) is 14.0. The molecule has 1 fully saturated rings. The highest BCUT2D eigenvalue weighted by Crippen LogP contribution is 2.32. The molecule has 0 saturated carbocycles. The van der Waals surface area contributed by atoms with Gasteiger partial charge in [-0.25, -0.2) is 0 Å². The Hall–Kier alpha value is -1.94. The molecule has 4 heteroatoms. The van der Waals surface area contributed by atoms with E-state index in [-0.39, 0.29) is 11.3 Å². The first-order valence-electron chi connectivity index (χ1n) is 7.34. The number of aromatic nitrogens is 1. The number of aryl methyl sites for hydroxylation is 1. The summed E-state index contributed by atoms with van der Waals surface area (Å²) in [5.41, 5.74) is 2.38. The number of nitrogens with one attached hydrogen (secondary N) is 1. The van der Waals surface area contributed by atoms with Crippen molar-refractivity contribution in [3.63, 3.8) is 0 Å². The van der Waals surface area contributed by atoms with Gasteiger partial charge >= 0.3 is 0 Å². The van der Waals surface area contributed by atoms with Crippen molar-refractivity contribution in [2.45, 2.75) is 20.3 Å². The second-order valence-electron chi connectivity index (χ2n) is 6.33. The van der Waals surface area contributed by atoms with Gasteiger partial charge in [-0.15, -0.1) is 0 Å². The van der Waals surface area contributed by atoms with Gasteiger partial charge in [0.05, 0.1) is 16.6 Å². The number of likely N-dealkylation sites (tertiary alicyclic amines) is 1. The van der Waals surface area contributed by atoms with Crippen molar-refractivity contribution in [1.82, 2.24) is 9.88 Å². The van der Waals surface area contributed by atoms with Crippen molar-refractivity contribution >= 4 is 22.5 Å². The summed E-state index contributed by atoms with van der Waals surface area (Å²) >= 11 is 0. The molecule has 0 bridgehead atoms. The molecule has 1 atom stereocenters. The molecule has 0 spiro atoms. The molecule has 2 aromatic rings. The van der Waals surface area contributed by atoms with E-state index in [0.717, 1.165) is 41.8 Å². The third kappa shape index (κ3) is 2.63. The van der Waals surface area contributed by atoms with Crippen LogP contribution in [0.25, 0.3) is 10.9 Å². The number of hydrogen-bond donors (Lipinski definition) is 1. The van der Waals surface area contributed by atoms with Crippen molar-refractivity contribution in [2.75, 3.05) is 25.5 Å². The lowest BCUT2D eigenvalue weighted by atomic mass is 9.88. The lowest BCUT2D eigenvalue weighted by Crippen LogP contribution is -2.35. The Morgan fingerprint density at radius 2 is 2.14 bits per heavy atom. The number of rotatable bonds is 2. The summed E-state index contributed by atoms with van der Waals surface area (Å²) in [4.78, 5) is 19.4. The predicted molar refractivity (Wildman–Crippen MR) is 85.3 cm³/mol. The molecule has 21 heavy (non-hydrogen) atoms. The van der Waals surface area contributed by atoms with E-state index in [9.17, 15) is 4.79 Å². The SMILES string of the molecule is Cc1cc(NC(=O)C2(C)CCN(C)C2)c2ccccc2n1. The summed E-state index contributed by atoms with van der Waals surface area (Å²) in [5.74, 6) is 0.0996. The fourth-order valence-electron chi connectivity index (χ4n) is 3.06. The van der Waals surface area contributed by atoms with Crippen molar-refractivity contribution < 1.29 is 4.79 Å². The average molecular weight is 283 g/mol. The Morgan fingerprint density at radius 1 is 1.38 bits per heavy atom. The smallest absolute Gasteiger partial charge is 0.231 e. The summed E-state index contributed by atoms with van der Waals surface area (Å²) in [6, 6.07) is 9.86. The number of nitrogens with zero attached hydrogens (tertiary/aromatic N) is 2. The fraction of sp³-hybridized carbons (Fsp3) is 0.412. The second kappa shape index (κ2) is 5.11. The third-order valence-corrected chi connectivity index (χ3v) is 4.30. The zero-order valence-electron chi connectivity index (χ0n) is 12.8. The monoisotopic (exact) mass is 283 g/mol. The maximum Gasteiger partial charge on any atom is 0.231 e. The number of carbonyl (C=O) groups excluding carboxylic acids is 1. The zero-order chi connectivity index (χ0) is 15.0. The molecule has 0 radical (unpaired) electrons. The molecule has 1 unspecified atom stereocenters. The molecule has 1 saturated heterocycles. The van der Waals surface area contributed by atoms with Gasteiger partial charge < -0.3 is 10.2 Å². The minimum atomic E-state index is -0.312. The molecule has 0 aliphatic carbocycles. The number of pyridine rings is 1. The summed E-state index contributed by atoms with van der Waals surface area (Å²) < 4.78 is 0. The molecule has 1 aliphatic heterocycles. The Labute approximate surface area is 125 Å². The van der Waals surface area contributed by atoms with Crippen LogP contribution in [0.15, 0.2) is 30.3 Å². The van der Waals surface area contributed by atoms with Gasteiger partial charge in [0.1, 0.15) is 0 Å². The van der Waals surface area contributed by atoms with Gasteiger partial charge in [0.25, 0.3) is 0 Å². The van der Waals surface area contributed by atoms with Crippen LogP contribution >= 0.6 is 0 Å². The standard InChI is InChI=1S/C17H21N3O/c1-12-10-15(13-6-4-5-7-14(13)18-12)19-16(21)17(2)8-9-20(3)11-17/h4-7,10H,8-9,11H2,1-3H3,(H,18,19,21). The molecule has 1 amide bonds. The van der Waals surface area contributed by atoms with E-state index in [1.807, 2.05) is 44.2 Å². The lowest BCUT2D eigenvalue weighted by Gasteiger charge is -2.23. The number of hydrogen-bond acceptors (Lipinski definition) is 3. The van der Waals surface area contributed by atoms with E-state index in [1.54, 1.807) is 0 Å². The number of para-hydroxylation sites is 1. The van der Waals surface area contributed by atoms with Crippen molar-refractivity contribution in [3.8, 4) is 0 Å². The molecule has 3 rings (SSSR count). The molecule has 4 nitrogen and oxygen atoms in total. The van der Waals surface area contributed by atoms with Crippen LogP contribution in [0, 0.1) is 12.3 Å². The Morgan fingerprint density at radius 3 is 2.86 bits per heavy atom. The highest BCUT2D eigenvalue weighted by Gasteiger charge is 2.39. The van der Waals surface area contributed by atoms with Gasteiger partial charge in [0, 0.05) is 17.6 Å². The van der Waals surface area contributed by atoms with Crippen LogP contribution in [0.4, 0.5) is 5.69 Å². The molecular weight excluding hydrogens is 262 g/mol. The predicted octanol–water partition coefficient (Wildman–Crippen LogP) is 2.82. The summed E-state index contributed by atoms with van der Waals surface area (Å²) in [6.45, 7) is 5.77. The van der Waals surface area contributed by atoms with Gasteiger partial charge in [-0.05, 0) is 46.0 Å². The summed E-state index contributed by atoms with van der Waals surface area (Å²) in [5, 5.41) is 4.12. The maximum absolute atomic E-state index is 12.7. The fourth-order valence-corrected chi connectivity index (χ4v) is 3.06. The summed E-state index contributed by atoms with van der Waals surface area (Å²) in [6.07, 6.45) is 0.900. The largest absolute Gasteiger partial charge is 0.325 e. The highest BCUT2D eigenvalue weighted by molar-refractivity contribution is 6.03. The Bertz CT molecular complexity index is 697. The van der Waals surface area contributed by atoms with Crippen LogP contribution in [0.5, 0.6) is 0 Å². The lowest BCUT2D eigenvalue weighted by molar-refractivity contribution is -0.124. The first-order chi connectivity index (χ1) is 9.98. The van der Waals surface area contributed by atoms with E-state index in [1.165, 1.54) is 0 Å². The van der Waals surface area contributed by atoms with Gasteiger partial charge in [0.2, 0.25) is 5.91 Å². The molecule has 2 heterocycles. The molecule has 1 aromatic carbocycles. The minimum absolute atomic E-state index is 0.0996. The molecule has 110 valence electrons. The number of fused-ring (bicyclic) bond motifs is 1. The third-order valence-electron chi connectivity index (χ3n) is 4.30. The zero-order valence-corrected chi connectivity index (χ0v) is 12.8. The van der Waals surface area contributed by atoms with E-state index in [4.69, 9.17) is 0 Å². The van der Waals surface area contributed by atoms with Crippen LogP contribution in [-0.4, -0.2) is 35.9 Å². The van der Waals surface area contributed by atoms with E-state index in [0.29, 0.717) is 0 Å². The van der Waals surface area contributed by atoms with Crippen molar-refractivity contribution in [2.24, 2.45) is 5.41 Å². The Balaban J connectivity index is 1.93. The molecular formula is C17H21N3O. The van der Waals surface area contributed by atoms with Crippen LogP contribution in [-0.2, 0) is 4.79 Å². The minimum Gasteiger partial charge on any atom is -0.325 e. The van der Waals surface area contributed by atoms with Gasteiger partial charge in [0.15, 0.2) is 0 Å².